The summed E-state index contributed by atoms with van der Waals surface area (Å²) in [6, 6.07) is 8.72. The van der Waals surface area contributed by atoms with Gasteiger partial charge in [0.25, 0.3) is 0 Å². The standard InChI is InChI=1S/C28H38FN5O/c1-18-12-23(14-30)33(15-18)19(2)25(31)17-32-16-24-13-26(32)28(35)34(24)27(20-6-4-3-5-7-20)21-8-10-22(29)11-9-21/h8-11,18,20,23-27H,2-7,12-13,15-17,31H2,1H3/t18?,23?,24-,25?,26?,27?/m0/s1. The number of piperazine rings is 1. The molecule has 6 atom stereocenters. The Morgan fingerprint density at radius 3 is 2.57 bits per heavy atom. The average Bonchev–Trinajstić information content (AvgIpc) is 3.54. The maximum atomic E-state index is 13.7. The van der Waals surface area contributed by atoms with Gasteiger partial charge < -0.3 is 15.5 Å². The summed E-state index contributed by atoms with van der Waals surface area (Å²) >= 11 is 0. The molecule has 1 saturated carbocycles. The van der Waals surface area contributed by atoms with Crippen molar-refractivity contribution in [1.29, 1.82) is 5.26 Å². The summed E-state index contributed by atoms with van der Waals surface area (Å²) in [7, 11) is 0. The third kappa shape index (κ3) is 4.59. The molecule has 4 fully saturated rings. The topological polar surface area (TPSA) is 76.6 Å². The molecule has 1 aliphatic carbocycles. The van der Waals surface area contributed by atoms with E-state index in [1.165, 1.54) is 31.4 Å². The van der Waals surface area contributed by atoms with Crippen LogP contribution in [0.5, 0.6) is 0 Å². The highest BCUT2D eigenvalue weighted by Crippen LogP contribution is 2.45. The highest BCUT2D eigenvalue weighted by molar-refractivity contribution is 5.86. The molecule has 2 N–H and O–H groups in total. The molecule has 3 aliphatic heterocycles. The number of nitriles is 1. The van der Waals surface area contributed by atoms with Crippen molar-refractivity contribution in [3.05, 3.63) is 47.9 Å². The number of nitrogens with zero attached hydrogens (tertiary/aromatic N) is 4. The van der Waals surface area contributed by atoms with Crippen LogP contribution in [0.3, 0.4) is 0 Å². The van der Waals surface area contributed by atoms with Gasteiger partial charge in [0.15, 0.2) is 0 Å². The van der Waals surface area contributed by atoms with Crippen LogP contribution in [0.1, 0.15) is 63.5 Å². The van der Waals surface area contributed by atoms with E-state index in [4.69, 9.17) is 5.73 Å². The number of hydrogen-bond donors (Lipinski definition) is 1. The third-order valence-corrected chi connectivity index (χ3v) is 8.81. The lowest BCUT2D eigenvalue weighted by Gasteiger charge is -2.44. The predicted octanol–water partition coefficient (Wildman–Crippen LogP) is 3.81. The van der Waals surface area contributed by atoms with Gasteiger partial charge in [-0.1, -0.05) is 44.9 Å². The van der Waals surface area contributed by atoms with E-state index >= 15 is 0 Å². The van der Waals surface area contributed by atoms with E-state index < -0.39 is 0 Å². The predicted molar refractivity (Wildman–Crippen MR) is 133 cm³/mol. The van der Waals surface area contributed by atoms with Gasteiger partial charge in [0.1, 0.15) is 11.9 Å². The van der Waals surface area contributed by atoms with Crippen molar-refractivity contribution >= 4 is 5.91 Å². The Labute approximate surface area is 208 Å². The molecule has 188 valence electrons. The van der Waals surface area contributed by atoms with Gasteiger partial charge in [-0.3, -0.25) is 9.69 Å². The number of benzene rings is 1. The van der Waals surface area contributed by atoms with E-state index in [2.05, 4.69) is 34.3 Å². The molecule has 5 rings (SSSR count). The first-order valence-electron chi connectivity index (χ1n) is 13.3. The molecule has 0 spiro atoms. The monoisotopic (exact) mass is 479 g/mol. The molecule has 0 aromatic heterocycles. The number of fused-ring (bicyclic) bond motifs is 2. The second-order valence-electron chi connectivity index (χ2n) is 11.2. The zero-order valence-electron chi connectivity index (χ0n) is 20.8. The Morgan fingerprint density at radius 2 is 1.91 bits per heavy atom. The van der Waals surface area contributed by atoms with Crippen molar-refractivity contribution < 1.29 is 9.18 Å². The minimum Gasteiger partial charge on any atom is -0.358 e. The number of amides is 1. The summed E-state index contributed by atoms with van der Waals surface area (Å²) in [4.78, 5) is 20.2. The third-order valence-electron chi connectivity index (χ3n) is 8.81. The minimum atomic E-state index is -0.303. The van der Waals surface area contributed by atoms with E-state index in [1.807, 2.05) is 12.1 Å². The van der Waals surface area contributed by atoms with Crippen LogP contribution < -0.4 is 5.73 Å². The lowest BCUT2D eigenvalue weighted by molar-refractivity contribution is -0.141. The van der Waals surface area contributed by atoms with E-state index in [9.17, 15) is 14.4 Å². The van der Waals surface area contributed by atoms with Crippen LogP contribution in [-0.4, -0.2) is 64.4 Å². The van der Waals surface area contributed by atoms with Gasteiger partial charge in [0.05, 0.1) is 24.2 Å². The summed E-state index contributed by atoms with van der Waals surface area (Å²) < 4.78 is 13.7. The van der Waals surface area contributed by atoms with E-state index in [0.29, 0.717) is 18.4 Å². The average molecular weight is 480 g/mol. The van der Waals surface area contributed by atoms with Crippen LogP contribution in [0.15, 0.2) is 36.5 Å². The van der Waals surface area contributed by atoms with Gasteiger partial charge in [0.2, 0.25) is 5.91 Å². The number of carbonyl (C=O) groups is 1. The fraction of sp³-hybridized carbons (Fsp3) is 0.643. The fourth-order valence-electron chi connectivity index (χ4n) is 7.08. The molecule has 1 aromatic rings. The van der Waals surface area contributed by atoms with Crippen LogP contribution in [0.2, 0.25) is 0 Å². The van der Waals surface area contributed by atoms with Gasteiger partial charge >= 0.3 is 0 Å². The number of halogens is 1. The molecule has 0 radical (unpaired) electrons. The zero-order chi connectivity index (χ0) is 24.7. The SMILES string of the molecule is C=C(C(N)CN1C[C@@H]2CC1C(=O)N2C(c1ccc(F)cc1)C1CCCCC1)N1CC(C)CC1C#N. The molecule has 2 bridgehead atoms. The lowest BCUT2D eigenvalue weighted by Crippen LogP contribution is -2.55. The van der Waals surface area contributed by atoms with Gasteiger partial charge in [-0.05, 0) is 55.2 Å². The Kier molecular flexibility index (Phi) is 6.87. The normalized spacial score (nSPS) is 31.1. The number of rotatable bonds is 7. The molecule has 7 heteroatoms. The Bertz CT molecular complexity index is 984. The van der Waals surface area contributed by atoms with E-state index in [-0.39, 0.29) is 41.9 Å². The Hall–Kier alpha value is -2.43. The van der Waals surface area contributed by atoms with E-state index in [1.54, 1.807) is 0 Å². The second-order valence-corrected chi connectivity index (χ2v) is 11.2. The quantitative estimate of drug-likeness (QED) is 0.644. The summed E-state index contributed by atoms with van der Waals surface area (Å²) in [6.45, 7) is 8.59. The molecule has 1 aromatic carbocycles. The van der Waals surface area contributed by atoms with Crippen molar-refractivity contribution in [3.8, 4) is 6.07 Å². The molecule has 35 heavy (non-hydrogen) atoms. The molecule has 1 amide bonds. The molecule has 3 saturated heterocycles. The number of hydrogen-bond acceptors (Lipinski definition) is 5. The molecule has 4 aliphatic rings. The fourth-order valence-corrected chi connectivity index (χ4v) is 7.08. The van der Waals surface area contributed by atoms with Gasteiger partial charge in [-0.25, -0.2) is 4.39 Å². The lowest BCUT2D eigenvalue weighted by atomic mass is 9.80. The highest BCUT2D eigenvalue weighted by Gasteiger charge is 2.53. The maximum Gasteiger partial charge on any atom is 0.240 e. The van der Waals surface area contributed by atoms with Crippen molar-refractivity contribution in [2.75, 3.05) is 19.6 Å². The summed E-state index contributed by atoms with van der Waals surface area (Å²) in [5.41, 5.74) is 8.44. The van der Waals surface area contributed by atoms with Crippen LogP contribution in [0, 0.1) is 29.0 Å². The first-order chi connectivity index (χ1) is 16.9. The molecule has 5 unspecified atom stereocenters. The summed E-state index contributed by atoms with van der Waals surface area (Å²) in [5, 5.41) is 9.53. The second kappa shape index (κ2) is 9.91. The molecule has 6 nitrogen and oxygen atoms in total. The van der Waals surface area contributed by atoms with Crippen molar-refractivity contribution in [2.24, 2.45) is 17.6 Å². The minimum absolute atomic E-state index is 0.0201. The van der Waals surface area contributed by atoms with Gasteiger partial charge in [0, 0.05) is 31.4 Å². The number of carbonyl (C=O) groups excluding carboxylic acids is 1. The highest BCUT2D eigenvalue weighted by atomic mass is 19.1. The van der Waals surface area contributed by atoms with Crippen LogP contribution in [0.25, 0.3) is 0 Å². The van der Waals surface area contributed by atoms with Gasteiger partial charge in [-0.2, -0.15) is 5.26 Å². The van der Waals surface area contributed by atoms with Crippen molar-refractivity contribution in [1.82, 2.24) is 14.7 Å². The Morgan fingerprint density at radius 1 is 1.20 bits per heavy atom. The van der Waals surface area contributed by atoms with Crippen molar-refractivity contribution in [3.63, 3.8) is 0 Å². The maximum absolute atomic E-state index is 13.7. The molecule has 3 heterocycles. The molecular formula is C28H38FN5O. The van der Waals surface area contributed by atoms with Crippen LogP contribution in [0.4, 0.5) is 4.39 Å². The molecular weight excluding hydrogens is 441 g/mol. The first kappa shape index (κ1) is 24.3. The van der Waals surface area contributed by atoms with Crippen LogP contribution in [-0.2, 0) is 4.79 Å². The Balaban J connectivity index is 1.29. The van der Waals surface area contributed by atoms with Crippen molar-refractivity contribution in [2.45, 2.75) is 82.1 Å². The van der Waals surface area contributed by atoms with Crippen LogP contribution >= 0.6 is 0 Å². The summed E-state index contributed by atoms with van der Waals surface area (Å²) in [5.74, 6) is 0.818. The zero-order valence-corrected chi connectivity index (χ0v) is 20.8. The van der Waals surface area contributed by atoms with E-state index in [0.717, 1.165) is 50.0 Å². The summed E-state index contributed by atoms with van der Waals surface area (Å²) in [6.07, 6.45) is 7.54. The van der Waals surface area contributed by atoms with Gasteiger partial charge in [-0.15, -0.1) is 0 Å². The smallest absolute Gasteiger partial charge is 0.240 e. The number of likely N-dealkylation sites (tertiary alicyclic amines) is 3. The largest absolute Gasteiger partial charge is 0.358 e. The number of nitrogens with two attached hydrogens (primary N) is 1. The first-order valence-corrected chi connectivity index (χ1v) is 13.3.